The molecule has 0 aliphatic carbocycles. The Balaban J connectivity index is 3.29. The van der Waals surface area contributed by atoms with Crippen LogP contribution in [-0.4, -0.2) is 57.2 Å². The molecule has 0 radical (unpaired) electrons. The quantitative estimate of drug-likeness (QED) is 0.218. The molecule has 0 aromatic carbocycles. The zero-order valence-electron chi connectivity index (χ0n) is 14.7. The van der Waals surface area contributed by atoms with Crippen molar-refractivity contribution in [1.82, 2.24) is 0 Å². The van der Waals surface area contributed by atoms with E-state index in [4.69, 9.17) is 7.56 Å². The van der Waals surface area contributed by atoms with Crippen LogP contribution in [0.15, 0.2) is 0 Å². The Hall–Kier alpha value is 1.48. The second kappa shape index (κ2) is 19.5. The summed E-state index contributed by atoms with van der Waals surface area (Å²) in [5.74, 6) is 0. The van der Waals surface area contributed by atoms with Gasteiger partial charge >= 0.3 is 156 Å². The van der Waals surface area contributed by atoms with Gasteiger partial charge in [0.05, 0.1) is 0 Å². The summed E-state index contributed by atoms with van der Waals surface area (Å²) in [5, 5.41) is 0. The first-order valence-corrected chi connectivity index (χ1v) is 15.5. The Morgan fingerprint density at radius 2 is 1.00 bits per heavy atom. The summed E-state index contributed by atoms with van der Waals surface area (Å²) >= 11 is -2.20. The van der Waals surface area contributed by atoms with Crippen LogP contribution in [0.4, 0.5) is 0 Å². The number of hydrogen-bond acceptors (Lipinski definition) is 3. The fourth-order valence-corrected chi connectivity index (χ4v) is 10.6. The zero-order chi connectivity index (χ0) is 15.6. The third kappa shape index (κ3) is 17.7. The van der Waals surface area contributed by atoms with Crippen LogP contribution in [0.25, 0.3) is 0 Å². The molecule has 128 valence electrons. The van der Waals surface area contributed by atoms with Gasteiger partial charge in [0, 0.05) is 0 Å². The van der Waals surface area contributed by atoms with Gasteiger partial charge in [-0.2, -0.15) is 0 Å². The van der Waals surface area contributed by atoms with Gasteiger partial charge in [0.2, 0.25) is 0 Å². The number of rotatable bonds is 17. The van der Waals surface area contributed by atoms with Crippen molar-refractivity contribution >= 4 is 43.9 Å². The molecule has 0 unspecified atom stereocenters. The van der Waals surface area contributed by atoms with Gasteiger partial charge in [0.1, 0.15) is 0 Å². The maximum atomic E-state index is 5.86. The second-order valence-electron chi connectivity index (χ2n) is 5.80. The van der Waals surface area contributed by atoms with Gasteiger partial charge in [-0.3, -0.25) is 0 Å². The molecule has 0 aliphatic heterocycles. The van der Waals surface area contributed by atoms with Crippen LogP contribution in [-0.2, 0) is 7.56 Å². The van der Waals surface area contributed by atoms with Crippen molar-refractivity contribution in [3.63, 3.8) is 0 Å². The first kappa shape index (κ1) is 22.5. The van der Waals surface area contributed by atoms with Crippen LogP contribution in [0.5, 0.6) is 0 Å². The van der Waals surface area contributed by atoms with Gasteiger partial charge in [0.25, 0.3) is 0 Å². The van der Waals surface area contributed by atoms with Crippen molar-refractivity contribution in [3.05, 3.63) is 0 Å². The summed E-state index contributed by atoms with van der Waals surface area (Å²) in [6.07, 6.45) is 15.8. The molecule has 0 rings (SSSR count). The van der Waals surface area contributed by atoms with Crippen molar-refractivity contribution in [2.24, 2.45) is 0 Å². The molecule has 0 aliphatic rings. The summed E-state index contributed by atoms with van der Waals surface area (Å²) in [6.45, 7) is 6.24. The molecule has 0 atom stereocenters. The van der Waals surface area contributed by atoms with Crippen molar-refractivity contribution in [2.75, 3.05) is 13.2 Å². The molecule has 5 heteroatoms. The van der Waals surface area contributed by atoms with Crippen molar-refractivity contribution in [2.45, 2.75) is 90.9 Å². The zero-order valence-corrected chi connectivity index (χ0v) is 23.7. The monoisotopic (exact) mass is 518 g/mol. The molecule has 0 saturated heterocycles. The molecule has 0 fully saturated rings. The molecule has 0 spiro atoms. The Morgan fingerprint density at radius 3 is 1.38 bits per heavy atom. The molecule has 0 saturated carbocycles. The molecule has 21 heavy (non-hydrogen) atoms. The van der Waals surface area contributed by atoms with Crippen LogP contribution in [0.2, 0.25) is 0 Å². The topological polar surface area (TPSA) is 27.7 Å². The number of hydrogen-bond donors (Lipinski definition) is 0. The van der Waals surface area contributed by atoms with Crippen LogP contribution >= 0.6 is 0 Å². The van der Waals surface area contributed by atoms with Crippen LogP contribution < -0.4 is 0 Å². The van der Waals surface area contributed by atoms with E-state index in [2.05, 4.69) is 13.8 Å². The molecule has 3 nitrogen and oxygen atoms in total. The standard InChI is InChI=1S/2C8H17O.O.2Sn.4H/c2*1-2-3-4-5-6-7-8-9;;;;;;;/h2*2-8H2,1H3;;;;;;;/q2*-1;;;+2;;;;. The van der Waals surface area contributed by atoms with Crippen LogP contribution in [0.1, 0.15) is 90.9 Å². The summed E-state index contributed by atoms with van der Waals surface area (Å²) in [6, 6.07) is 0. The molecule has 0 aromatic rings. The SMILES string of the molecule is CCCCCCCC[O][SnH]([O][SnH3])[O]CCCCCCCC. The van der Waals surface area contributed by atoms with Crippen LogP contribution in [0.3, 0.4) is 0 Å². The van der Waals surface area contributed by atoms with E-state index >= 15 is 0 Å². The van der Waals surface area contributed by atoms with E-state index in [1.165, 1.54) is 77.0 Å². The van der Waals surface area contributed by atoms with Crippen LogP contribution in [0, 0.1) is 0 Å². The van der Waals surface area contributed by atoms with E-state index in [-0.39, 0.29) is 22.9 Å². The molecule has 0 heterocycles. The predicted octanol–water partition coefficient (Wildman–Crippen LogP) is 3.75. The first-order chi connectivity index (χ1) is 10.3. The fraction of sp³-hybridized carbons (Fsp3) is 1.00. The molecular weight excluding hydrogens is 478 g/mol. The van der Waals surface area contributed by atoms with Gasteiger partial charge in [-0.05, 0) is 0 Å². The molecule has 0 aromatic heterocycles. The Kier molecular flexibility index (Phi) is 20.9. The van der Waals surface area contributed by atoms with E-state index < -0.39 is 21.0 Å². The minimum absolute atomic E-state index is 0.254. The fourth-order valence-electron chi connectivity index (χ4n) is 2.31. The molecular formula is C16H38O3Sn2. The normalized spacial score (nSPS) is 11.6. The molecule has 0 bridgehead atoms. The van der Waals surface area contributed by atoms with Gasteiger partial charge in [-0.25, -0.2) is 0 Å². The van der Waals surface area contributed by atoms with Gasteiger partial charge in [-0.1, -0.05) is 0 Å². The van der Waals surface area contributed by atoms with Gasteiger partial charge in [-0.15, -0.1) is 0 Å². The Morgan fingerprint density at radius 1 is 0.619 bits per heavy atom. The van der Waals surface area contributed by atoms with Gasteiger partial charge < -0.3 is 0 Å². The van der Waals surface area contributed by atoms with Gasteiger partial charge in [0.15, 0.2) is 0 Å². The summed E-state index contributed by atoms with van der Waals surface area (Å²) < 4.78 is 17.3. The maximum absolute atomic E-state index is 5.86. The Labute approximate surface area is 154 Å². The third-order valence-electron chi connectivity index (χ3n) is 3.70. The van der Waals surface area contributed by atoms with E-state index in [1.54, 1.807) is 0 Å². The molecule has 0 amide bonds. The van der Waals surface area contributed by atoms with Crippen molar-refractivity contribution in [1.29, 1.82) is 0 Å². The summed E-state index contributed by atoms with van der Waals surface area (Å²) in [4.78, 5) is 0. The summed E-state index contributed by atoms with van der Waals surface area (Å²) in [7, 11) is 0. The summed E-state index contributed by atoms with van der Waals surface area (Å²) in [5.41, 5.74) is 0. The van der Waals surface area contributed by atoms with E-state index in [9.17, 15) is 0 Å². The minimum atomic E-state index is -2.45. The number of unbranched alkanes of at least 4 members (excludes halogenated alkanes) is 10. The van der Waals surface area contributed by atoms with E-state index in [0.717, 1.165) is 13.2 Å². The Bertz CT molecular complexity index is 176. The average molecular weight is 516 g/mol. The first-order valence-electron chi connectivity index (χ1n) is 9.11. The second-order valence-corrected chi connectivity index (χ2v) is 19.7. The predicted molar refractivity (Wildman–Crippen MR) is 96.8 cm³/mol. The third-order valence-corrected chi connectivity index (χ3v) is 15.1. The van der Waals surface area contributed by atoms with Crippen molar-refractivity contribution in [3.8, 4) is 0 Å². The molecule has 0 N–H and O–H groups in total. The van der Waals surface area contributed by atoms with E-state index in [0.29, 0.717) is 0 Å². The van der Waals surface area contributed by atoms with Crippen molar-refractivity contribution < 1.29 is 7.56 Å². The van der Waals surface area contributed by atoms with E-state index in [1.807, 2.05) is 0 Å². The average Bonchev–Trinajstić information content (AvgIpc) is 2.51.